The summed E-state index contributed by atoms with van der Waals surface area (Å²) in [6.45, 7) is 9.35. The zero-order valence-corrected chi connectivity index (χ0v) is 15.7. The van der Waals surface area contributed by atoms with Crippen LogP contribution in [0.2, 0.25) is 0 Å². The van der Waals surface area contributed by atoms with Crippen LogP contribution in [0.15, 0.2) is 48.5 Å². The summed E-state index contributed by atoms with van der Waals surface area (Å²) >= 11 is 0. The Bertz CT molecular complexity index is 864. The molecule has 0 bridgehead atoms. The molecule has 0 atom stereocenters. The Morgan fingerprint density at radius 1 is 0.920 bits per heavy atom. The minimum absolute atomic E-state index is 0.409. The van der Waals surface area contributed by atoms with Gasteiger partial charge in [0.15, 0.2) is 0 Å². The highest BCUT2D eigenvalue weighted by atomic mass is 15.4. The molecular weight excluding hydrogens is 308 g/mol. The first-order valence-electron chi connectivity index (χ1n) is 9.01. The smallest absolute Gasteiger partial charge is 0.121 e. The van der Waals surface area contributed by atoms with Crippen molar-refractivity contribution in [1.82, 2.24) is 15.0 Å². The molecule has 0 aliphatic carbocycles. The van der Waals surface area contributed by atoms with Crippen molar-refractivity contribution in [2.75, 3.05) is 4.90 Å². The molecule has 0 amide bonds. The highest BCUT2D eigenvalue weighted by molar-refractivity contribution is 5.88. The summed E-state index contributed by atoms with van der Waals surface area (Å²) in [5.41, 5.74) is 6.95. The summed E-state index contributed by atoms with van der Waals surface area (Å²) in [7, 11) is 1.96. The molecule has 0 N–H and O–H groups in total. The van der Waals surface area contributed by atoms with Crippen molar-refractivity contribution in [2.24, 2.45) is 7.05 Å². The molecule has 4 rings (SSSR count). The molecule has 1 aliphatic heterocycles. The van der Waals surface area contributed by atoms with Crippen LogP contribution in [0.3, 0.4) is 0 Å². The number of nitrogens with zero attached hydrogens (tertiary/aromatic N) is 4. The lowest BCUT2D eigenvalue weighted by molar-refractivity contribution is 0.681. The molecule has 0 fully saturated rings. The van der Waals surface area contributed by atoms with Gasteiger partial charge in [-0.2, -0.15) is 0 Å². The standard InChI is InChI=1S/C19H20N4.C2H6/c1-13(2)23-12-14-8-4-5-9-15(14)18-19(22(3)21-20-18)16-10-6-7-11-17(16)23;1-2/h4-11,13H,12H2,1-3H3;1-2H3. The molecular formula is C21H26N4. The van der Waals surface area contributed by atoms with Crippen molar-refractivity contribution in [1.29, 1.82) is 0 Å². The van der Waals surface area contributed by atoms with E-state index in [-0.39, 0.29) is 0 Å². The molecule has 4 nitrogen and oxygen atoms in total. The van der Waals surface area contributed by atoms with Gasteiger partial charge in [-0.25, -0.2) is 4.68 Å². The van der Waals surface area contributed by atoms with Crippen molar-refractivity contribution in [3.63, 3.8) is 0 Å². The van der Waals surface area contributed by atoms with Crippen LogP contribution < -0.4 is 4.90 Å². The summed E-state index contributed by atoms with van der Waals surface area (Å²) < 4.78 is 1.88. The van der Waals surface area contributed by atoms with Crippen LogP contribution in [0, 0.1) is 0 Å². The van der Waals surface area contributed by atoms with E-state index >= 15 is 0 Å². The average molecular weight is 334 g/mol. The number of fused-ring (bicyclic) bond motifs is 5. The van der Waals surface area contributed by atoms with Crippen LogP contribution in [-0.4, -0.2) is 21.0 Å². The highest BCUT2D eigenvalue weighted by Gasteiger charge is 2.26. The van der Waals surface area contributed by atoms with Crippen molar-refractivity contribution in [2.45, 2.75) is 40.3 Å². The van der Waals surface area contributed by atoms with Gasteiger partial charge in [-0.3, -0.25) is 0 Å². The first-order valence-corrected chi connectivity index (χ1v) is 9.01. The highest BCUT2D eigenvalue weighted by Crippen LogP contribution is 2.41. The van der Waals surface area contributed by atoms with E-state index in [0.717, 1.165) is 17.9 Å². The van der Waals surface area contributed by atoms with Crippen LogP contribution >= 0.6 is 0 Å². The number of rotatable bonds is 1. The summed E-state index contributed by atoms with van der Waals surface area (Å²) in [5, 5.41) is 8.76. The Hall–Kier alpha value is -2.62. The summed E-state index contributed by atoms with van der Waals surface area (Å²) in [6.07, 6.45) is 0. The minimum atomic E-state index is 0.409. The fourth-order valence-electron chi connectivity index (χ4n) is 3.38. The number of aryl methyl sites for hydroxylation is 1. The monoisotopic (exact) mass is 334 g/mol. The van der Waals surface area contributed by atoms with Gasteiger partial charge < -0.3 is 4.90 Å². The first-order chi connectivity index (χ1) is 12.2. The summed E-state index contributed by atoms with van der Waals surface area (Å²) in [5.74, 6) is 0. The predicted octanol–water partition coefficient (Wildman–Crippen LogP) is 4.90. The zero-order chi connectivity index (χ0) is 18.0. The topological polar surface area (TPSA) is 34.0 Å². The maximum absolute atomic E-state index is 4.46. The third-order valence-electron chi connectivity index (χ3n) is 4.53. The third-order valence-corrected chi connectivity index (χ3v) is 4.53. The maximum Gasteiger partial charge on any atom is 0.121 e. The Labute approximate surface area is 150 Å². The second-order valence-corrected chi connectivity index (χ2v) is 6.31. The van der Waals surface area contributed by atoms with Gasteiger partial charge in [0.25, 0.3) is 0 Å². The van der Waals surface area contributed by atoms with Gasteiger partial charge in [-0.05, 0) is 25.5 Å². The van der Waals surface area contributed by atoms with Crippen LogP contribution in [0.5, 0.6) is 0 Å². The van der Waals surface area contributed by atoms with E-state index in [2.05, 4.69) is 77.6 Å². The number of hydrogen-bond donors (Lipinski definition) is 0. The summed E-state index contributed by atoms with van der Waals surface area (Å²) in [4.78, 5) is 2.45. The quantitative estimate of drug-likeness (QED) is 0.634. The molecule has 3 aromatic rings. The van der Waals surface area contributed by atoms with Gasteiger partial charge in [-0.1, -0.05) is 61.5 Å². The van der Waals surface area contributed by atoms with E-state index < -0.39 is 0 Å². The lowest BCUT2D eigenvalue weighted by Crippen LogP contribution is -2.31. The van der Waals surface area contributed by atoms with Gasteiger partial charge in [0.1, 0.15) is 5.69 Å². The molecule has 0 radical (unpaired) electrons. The van der Waals surface area contributed by atoms with Gasteiger partial charge in [0.05, 0.1) is 5.69 Å². The van der Waals surface area contributed by atoms with Crippen LogP contribution in [0.25, 0.3) is 22.5 Å². The summed E-state index contributed by atoms with van der Waals surface area (Å²) in [6, 6.07) is 17.5. The largest absolute Gasteiger partial charge is 0.364 e. The lowest BCUT2D eigenvalue weighted by Gasteiger charge is -2.33. The normalized spacial score (nSPS) is 12.3. The van der Waals surface area contributed by atoms with E-state index in [1.807, 2.05) is 25.6 Å². The molecule has 0 saturated heterocycles. The number of aromatic nitrogens is 3. The van der Waals surface area contributed by atoms with E-state index in [0.29, 0.717) is 6.04 Å². The van der Waals surface area contributed by atoms with Crippen LogP contribution in [0.1, 0.15) is 33.3 Å². The Morgan fingerprint density at radius 2 is 1.56 bits per heavy atom. The van der Waals surface area contributed by atoms with Gasteiger partial charge in [-0.15, -0.1) is 5.10 Å². The van der Waals surface area contributed by atoms with Crippen LogP contribution in [-0.2, 0) is 13.6 Å². The molecule has 2 aromatic carbocycles. The molecule has 1 aromatic heterocycles. The molecule has 4 heteroatoms. The lowest BCUT2D eigenvalue weighted by atomic mass is 9.95. The fraction of sp³-hybridized carbons (Fsp3) is 0.333. The molecule has 25 heavy (non-hydrogen) atoms. The van der Waals surface area contributed by atoms with Gasteiger partial charge in [0, 0.05) is 36.4 Å². The molecule has 1 aliphatic rings. The second-order valence-electron chi connectivity index (χ2n) is 6.31. The average Bonchev–Trinajstić information content (AvgIpc) is 3.01. The molecule has 2 heterocycles. The van der Waals surface area contributed by atoms with E-state index in [1.165, 1.54) is 22.4 Å². The Kier molecular flexibility index (Phi) is 4.88. The van der Waals surface area contributed by atoms with Gasteiger partial charge >= 0.3 is 0 Å². The van der Waals surface area contributed by atoms with E-state index in [4.69, 9.17) is 0 Å². The second kappa shape index (κ2) is 7.09. The van der Waals surface area contributed by atoms with Crippen molar-refractivity contribution >= 4 is 5.69 Å². The van der Waals surface area contributed by atoms with Crippen molar-refractivity contribution in [3.05, 3.63) is 54.1 Å². The van der Waals surface area contributed by atoms with E-state index in [9.17, 15) is 0 Å². The third kappa shape index (κ3) is 2.93. The van der Waals surface area contributed by atoms with E-state index in [1.54, 1.807) is 0 Å². The number of para-hydroxylation sites is 1. The molecule has 130 valence electrons. The molecule has 0 spiro atoms. The number of hydrogen-bond acceptors (Lipinski definition) is 3. The number of benzene rings is 2. The van der Waals surface area contributed by atoms with Gasteiger partial charge in [0.2, 0.25) is 0 Å². The fourth-order valence-corrected chi connectivity index (χ4v) is 3.38. The minimum Gasteiger partial charge on any atom is -0.364 e. The van der Waals surface area contributed by atoms with Crippen LogP contribution in [0.4, 0.5) is 5.69 Å². The number of anilines is 1. The first kappa shape index (κ1) is 17.2. The zero-order valence-electron chi connectivity index (χ0n) is 15.7. The van der Waals surface area contributed by atoms with Crippen molar-refractivity contribution < 1.29 is 0 Å². The maximum atomic E-state index is 4.46. The SMILES string of the molecule is CC.CC(C)N1Cc2ccccc2-c2nnn(C)c2-c2ccccc21. The molecule has 0 unspecified atom stereocenters. The van der Waals surface area contributed by atoms with Crippen molar-refractivity contribution in [3.8, 4) is 22.5 Å². The Balaban J connectivity index is 0.000000880. The predicted molar refractivity (Wildman–Crippen MR) is 105 cm³/mol. The Morgan fingerprint density at radius 3 is 2.28 bits per heavy atom. The molecule has 0 saturated carbocycles.